The predicted molar refractivity (Wildman–Crippen MR) is 55.7 cm³/mol. The number of rotatable bonds is 5. The zero-order valence-corrected chi connectivity index (χ0v) is 8.85. The lowest BCUT2D eigenvalue weighted by Crippen LogP contribution is -2.01. The zero-order chi connectivity index (χ0) is 10.4. The molecule has 0 radical (unpaired) electrons. The number of aliphatic hydroxyl groups is 1. The van der Waals surface area contributed by atoms with Crippen LogP contribution in [-0.4, -0.2) is 15.1 Å². The Morgan fingerprint density at radius 1 is 1.36 bits per heavy atom. The fraction of sp³-hybridized carbons (Fsp3) is 0.636. The molecule has 14 heavy (non-hydrogen) atoms. The topological polar surface area (TPSA) is 46.0 Å². The Hall–Kier alpha value is -0.960. The summed E-state index contributed by atoms with van der Waals surface area (Å²) < 4.78 is 0. The normalized spacial score (nSPS) is 13.1. The van der Waals surface area contributed by atoms with Gasteiger partial charge in [0.2, 0.25) is 0 Å². The summed E-state index contributed by atoms with van der Waals surface area (Å²) in [6.07, 6.45) is 5.69. The lowest BCUT2D eigenvalue weighted by molar-refractivity contribution is 0.157. The molecule has 0 saturated carbocycles. The maximum Gasteiger partial charge on any atom is 0.115 e. The number of hydrogen-bond donors (Lipinski definition) is 1. The second-order valence-corrected chi connectivity index (χ2v) is 3.97. The minimum atomic E-state index is -0.434. The van der Waals surface area contributed by atoms with E-state index in [4.69, 9.17) is 0 Å². The van der Waals surface area contributed by atoms with Gasteiger partial charge in [0.1, 0.15) is 6.33 Å². The first-order valence-electron chi connectivity index (χ1n) is 5.14. The maximum absolute atomic E-state index is 9.74. The number of nitrogens with zero attached hydrogens (tertiary/aromatic N) is 2. The monoisotopic (exact) mass is 194 g/mol. The molecule has 0 bridgehead atoms. The predicted octanol–water partition coefficient (Wildman–Crippen LogP) is 2.34. The highest BCUT2D eigenvalue weighted by molar-refractivity contribution is 5.01. The Balaban J connectivity index is 2.32. The minimum Gasteiger partial charge on any atom is -0.387 e. The van der Waals surface area contributed by atoms with Crippen molar-refractivity contribution < 1.29 is 5.11 Å². The van der Waals surface area contributed by atoms with Crippen LogP contribution < -0.4 is 0 Å². The molecule has 0 aliphatic rings. The average molecular weight is 194 g/mol. The Morgan fingerprint density at radius 3 is 2.71 bits per heavy atom. The van der Waals surface area contributed by atoms with Crippen molar-refractivity contribution in [3.8, 4) is 0 Å². The van der Waals surface area contributed by atoms with Gasteiger partial charge in [-0.1, -0.05) is 26.7 Å². The van der Waals surface area contributed by atoms with E-state index in [0.29, 0.717) is 5.92 Å². The second-order valence-electron chi connectivity index (χ2n) is 3.97. The summed E-state index contributed by atoms with van der Waals surface area (Å²) in [4.78, 5) is 7.83. The Labute approximate surface area is 85.2 Å². The molecule has 0 aliphatic carbocycles. The SMILES string of the molecule is CC(C)CCCC(O)c1ccncn1. The van der Waals surface area contributed by atoms with Crippen LogP contribution in [0.3, 0.4) is 0 Å². The lowest BCUT2D eigenvalue weighted by Gasteiger charge is -2.10. The van der Waals surface area contributed by atoms with E-state index >= 15 is 0 Å². The van der Waals surface area contributed by atoms with Gasteiger partial charge in [0.05, 0.1) is 11.8 Å². The van der Waals surface area contributed by atoms with Crippen LogP contribution in [0.25, 0.3) is 0 Å². The summed E-state index contributed by atoms with van der Waals surface area (Å²) in [5.41, 5.74) is 0.726. The van der Waals surface area contributed by atoms with Crippen LogP contribution in [0.4, 0.5) is 0 Å². The fourth-order valence-electron chi connectivity index (χ4n) is 1.37. The van der Waals surface area contributed by atoms with Gasteiger partial charge in [0.15, 0.2) is 0 Å². The third-order valence-corrected chi connectivity index (χ3v) is 2.21. The second kappa shape index (κ2) is 5.70. The van der Waals surface area contributed by atoms with E-state index in [1.165, 1.54) is 6.33 Å². The summed E-state index contributed by atoms with van der Waals surface area (Å²) in [5, 5.41) is 9.74. The molecule has 3 heteroatoms. The largest absolute Gasteiger partial charge is 0.387 e. The minimum absolute atomic E-state index is 0.434. The summed E-state index contributed by atoms with van der Waals surface area (Å²) >= 11 is 0. The highest BCUT2D eigenvalue weighted by Crippen LogP contribution is 2.17. The lowest BCUT2D eigenvalue weighted by atomic mass is 10.0. The zero-order valence-electron chi connectivity index (χ0n) is 8.85. The summed E-state index contributed by atoms with van der Waals surface area (Å²) in [5.74, 6) is 0.701. The third kappa shape index (κ3) is 3.83. The van der Waals surface area contributed by atoms with E-state index in [0.717, 1.165) is 25.0 Å². The molecule has 1 aromatic rings. The molecule has 0 spiro atoms. The van der Waals surface area contributed by atoms with E-state index in [-0.39, 0.29) is 0 Å². The molecule has 0 amide bonds. The van der Waals surface area contributed by atoms with E-state index in [9.17, 15) is 5.11 Å². The molecule has 1 unspecified atom stereocenters. The van der Waals surface area contributed by atoms with Crippen LogP contribution in [0, 0.1) is 5.92 Å². The molecular weight excluding hydrogens is 176 g/mol. The van der Waals surface area contributed by atoms with Crippen molar-refractivity contribution in [3.63, 3.8) is 0 Å². The first-order chi connectivity index (χ1) is 6.70. The van der Waals surface area contributed by atoms with Crippen molar-refractivity contribution in [3.05, 3.63) is 24.3 Å². The van der Waals surface area contributed by atoms with Gasteiger partial charge in [-0.05, 0) is 18.4 Å². The van der Waals surface area contributed by atoms with Crippen LogP contribution in [0.2, 0.25) is 0 Å². The summed E-state index contributed by atoms with van der Waals surface area (Å²) in [6.45, 7) is 4.38. The maximum atomic E-state index is 9.74. The van der Waals surface area contributed by atoms with Crippen LogP contribution >= 0.6 is 0 Å². The molecule has 0 saturated heterocycles. The molecule has 1 atom stereocenters. The standard InChI is InChI=1S/C11H18N2O/c1-9(2)4-3-5-11(14)10-6-7-12-8-13-10/h6-9,11,14H,3-5H2,1-2H3. The Morgan fingerprint density at radius 2 is 2.14 bits per heavy atom. The Bertz CT molecular complexity index is 249. The molecular formula is C11H18N2O. The van der Waals surface area contributed by atoms with E-state index in [2.05, 4.69) is 23.8 Å². The molecule has 1 heterocycles. The molecule has 1 aromatic heterocycles. The summed E-state index contributed by atoms with van der Waals surface area (Å²) in [6, 6.07) is 1.76. The van der Waals surface area contributed by atoms with Gasteiger partial charge in [0, 0.05) is 6.20 Å². The fourth-order valence-corrected chi connectivity index (χ4v) is 1.37. The molecule has 3 nitrogen and oxygen atoms in total. The van der Waals surface area contributed by atoms with Gasteiger partial charge in [-0.15, -0.1) is 0 Å². The molecule has 0 aliphatic heterocycles. The van der Waals surface area contributed by atoms with Gasteiger partial charge in [0.25, 0.3) is 0 Å². The first-order valence-corrected chi connectivity index (χ1v) is 5.14. The van der Waals surface area contributed by atoms with Crippen LogP contribution in [0.15, 0.2) is 18.6 Å². The third-order valence-electron chi connectivity index (χ3n) is 2.21. The quantitative estimate of drug-likeness (QED) is 0.782. The Kier molecular flexibility index (Phi) is 4.53. The van der Waals surface area contributed by atoms with Crippen molar-refractivity contribution in [2.45, 2.75) is 39.2 Å². The molecule has 0 aromatic carbocycles. The van der Waals surface area contributed by atoms with Gasteiger partial charge < -0.3 is 5.11 Å². The van der Waals surface area contributed by atoms with Crippen molar-refractivity contribution in [1.82, 2.24) is 9.97 Å². The number of aliphatic hydroxyl groups excluding tert-OH is 1. The van der Waals surface area contributed by atoms with Crippen molar-refractivity contribution in [2.75, 3.05) is 0 Å². The van der Waals surface area contributed by atoms with E-state index in [1.54, 1.807) is 12.3 Å². The molecule has 0 fully saturated rings. The van der Waals surface area contributed by atoms with E-state index < -0.39 is 6.10 Å². The van der Waals surface area contributed by atoms with Gasteiger partial charge in [-0.2, -0.15) is 0 Å². The first kappa shape index (κ1) is 11.1. The molecule has 1 rings (SSSR count). The highest BCUT2D eigenvalue weighted by Gasteiger charge is 2.08. The van der Waals surface area contributed by atoms with Crippen LogP contribution in [0.5, 0.6) is 0 Å². The van der Waals surface area contributed by atoms with Crippen molar-refractivity contribution in [1.29, 1.82) is 0 Å². The smallest absolute Gasteiger partial charge is 0.115 e. The van der Waals surface area contributed by atoms with Gasteiger partial charge >= 0.3 is 0 Å². The molecule has 78 valence electrons. The summed E-state index contributed by atoms with van der Waals surface area (Å²) in [7, 11) is 0. The van der Waals surface area contributed by atoms with Crippen molar-refractivity contribution in [2.24, 2.45) is 5.92 Å². The van der Waals surface area contributed by atoms with E-state index in [1.807, 2.05) is 0 Å². The number of hydrogen-bond acceptors (Lipinski definition) is 3. The average Bonchev–Trinajstić information content (AvgIpc) is 2.18. The van der Waals surface area contributed by atoms with Crippen LogP contribution in [0.1, 0.15) is 44.9 Å². The van der Waals surface area contributed by atoms with Gasteiger partial charge in [-0.3, -0.25) is 0 Å². The number of aromatic nitrogens is 2. The van der Waals surface area contributed by atoms with Crippen molar-refractivity contribution >= 4 is 0 Å². The van der Waals surface area contributed by atoms with Crippen LogP contribution in [-0.2, 0) is 0 Å². The molecule has 1 N–H and O–H groups in total. The van der Waals surface area contributed by atoms with Gasteiger partial charge in [-0.25, -0.2) is 9.97 Å². The highest BCUT2D eigenvalue weighted by atomic mass is 16.3.